The predicted molar refractivity (Wildman–Crippen MR) is 338 cm³/mol. The average Bonchev–Trinajstić information content (AvgIpc) is 0.745. The third-order valence-electron chi connectivity index (χ3n) is 13.6. The molecular formula is C58H34K6N12O24S6. The fourth-order valence-electron chi connectivity index (χ4n) is 9.14. The fraction of sp³-hybridized carbons (Fsp3) is 0. The maximum atomic E-state index is 12.9. The molecule has 0 atom stereocenters. The summed E-state index contributed by atoms with van der Waals surface area (Å²) >= 11 is 0. The summed E-state index contributed by atoms with van der Waals surface area (Å²) in [5.74, 6) is -5.15. The van der Waals surface area contributed by atoms with Gasteiger partial charge in [-0.1, -0.05) is 60.7 Å². The van der Waals surface area contributed by atoms with E-state index in [2.05, 4.69) is 61.4 Å². The molecule has 0 aliphatic carbocycles. The van der Waals surface area contributed by atoms with Crippen molar-refractivity contribution in [3.05, 3.63) is 169 Å². The van der Waals surface area contributed by atoms with Gasteiger partial charge in [-0.2, -0.15) is 20.5 Å². The van der Waals surface area contributed by atoms with Crippen LogP contribution >= 0.6 is 0 Å². The van der Waals surface area contributed by atoms with Crippen LogP contribution in [-0.2, 0) is 60.7 Å². The Morgan fingerprint density at radius 1 is 0.264 bits per heavy atom. The molecule has 106 heavy (non-hydrogen) atoms. The van der Waals surface area contributed by atoms with E-state index in [1.807, 2.05) is 0 Å². The number of fused-ring (bicyclic) bond motifs is 2. The number of azo groups is 6. The Morgan fingerprint density at radius 2 is 0.538 bits per heavy atom. The molecule has 0 saturated carbocycles. The van der Waals surface area contributed by atoms with E-state index in [1.54, 1.807) is 12.1 Å². The van der Waals surface area contributed by atoms with Gasteiger partial charge in [0.15, 0.2) is 11.5 Å². The van der Waals surface area contributed by atoms with Crippen molar-refractivity contribution < 1.29 is 417 Å². The maximum Gasteiger partial charge on any atom is 1.00 e. The number of nitrogens with zero attached hydrogens (tertiary/aromatic N) is 12. The third-order valence-corrected chi connectivity index (χ3v) is 18.7. The second kappa shape index (κ2) is 39.9. The Balaban J connectivity index is 0.00000396. The summed E-state index contributed by atoms with van der Waals surface area (Å²) in [6.45, 7) is 0. The van der Waals surface area contributed by atoms with Gasteiger partial charge in [0.25, 0.3) is 0 Å². The predicted octanol–water partition coefficient (Wildman–Crippen LogP) is -5.66. The van der Waals surface area contributed by atoms with Crippen molar-refractivity contribution >= 4 is 163 Å². The first-order chi connectivity index (χ1) is 46.8. The van der Waals surface area contributed by atoms with Crippen LogP contribution in [-0.4, -0.2) is 108 Å². The topological polar surface area (TPSA) is 613 Å². The van der Waals surface area contributed by atoms with Crippen LogP contribution < -0.4 is 308 Å². The largest absolute Gasteiger partial charge is 1.00 e. The smallest absolute Gasteiger partial charge is 0.744 e. The Bertz CT molecular complexity index is 5710. The van der Waals surface area contributed by atoms with Gasteiger partial charge in [-0.3, -0.25) is 0 Å². The van der Waals surface area contributed by atoms with E-state index in [0.717, 1.165) is 72.8 Å². The summed E-state index contributed by atoms with van der Waals surface area (Å²) in [4.78, 5) is -7.87. The van der Waals surface area contributed by atoms with Crippen LogP contribution in [0.3, 0.4) is 0 Å². The number of hydrogen-bond acceptors (Lipinski definition) is 36. The van der Waals surface area contributed by atoms with E-state index in [4.69, 9.17) is 0 Å². The van der Waals surface area contributed by atoms with Crippen molar-refractivity contribution in [1.82, 2.24) is 0 Å². The first-order valence-corrected chi connectivity index (χ1v) is 35.4. The molecule has 0 amide bonds. The van der Waals surface area contributed by atoms with Crippen LogP contribution in [0.2, 0.25) is 0 Å². The summed E-state index contributed by atoms with van der Waals surface area (Å²) in [5.41, 5.74) is -9.67. The maximum absolute atomic E-state index is 12.9. The van der Waals surface area contributed by atoms with Crippen molar-refractivity contribution in [3.8, 4) is 34.5 Å². The molecule has 0 bridgehead atoms. The summed E-state index contributed by atoms with van der Waals surface area (Å²) < 4.78 is 231. The van der Waals surface area contributed by atoms with Gasteiger partial charge >= 0.3 is 308 Å². The van der Waals surface area contributed by atoms with Gasteiger partial charge in [0.2, 0.25) is 0 Å². The van der Waals surface area contributed by atoms with Gasteiger partial charge in [-0.05, 0) is 119 Å². The number of benzene rings is 10. The summed E-state index contributed by atoms with van der Waals surface area (Å²) in [6.07, 6.45) is 1.55. The number of rotatable bonds is 20. The number of phenolic OH excluding ortho intramolecular Hbond substituents is 6. The van der Waals surface area contributed by atoms with E-state index < -0.39 is 214 Å². The van der Waals surface area contributed by atoms with Crippen LogP contribution in [0.4, 0.5) is 68.2 Å². The summed E-state index contributed by atoms with van der Waals surface area (Å²) in [6, 6.07) is 26.6. The quantitative estimate of drug-likeness (QED) is 0.0179. The van der Waals surface area contributed by atoms with Crippen molar-refractivity contribution in [3.63, 3.8) is 0 Å². The average molecular weight is 1710 g/mol. The zero-order chi connectivity index (χ0) is 72.6. The first kappa shape index (κ1) is 96.5. The van der Waals surface area contributed by atoms with Crippen LogP contribution in [0.15, 0.2) is 248 Å². The molecule has 0 radical (unpaired) electrons. The molecule has 48 heteroatoms. The Labute approximate surface area is 855 Å². The molecule has 0 aliphatic rings. The van der Waals surface area contributed by atoms with Gasteiger partial charge in [-0.15, -0.1) is 40.9 Å². The van der Waals surface area contributed by atoms with Crippen LogP contribution in [0.25, 0.3) is 33.7 Å². The van der Waals surface area contributed by atoms with Crippen molar-refractivity contribution in [2.75, 3.05) is 0 Å². The second-order valence-corrected chi connectivity index (χ2v) is 28.3. The fourth-order valence-corrected chi connectivity index (χ4v) is 13.1. The number of hydrogen-bond donors (Lipinski definition) is 6. The van der Waals surface area contributed by atoms with E-state index in [1.165, 1.54) is 48.5 Å². The molecule has 0 heterocycles. The van der Waals surface area contributed by atoms with Crippen LogP contribution in [0.1, 0.15) is 11.1 Å². The van der Waals surface area contributed by atoms with Gasteiger partial charge in [0.1, 0.15) is 129 Å². The Kier molecular flexibility index (Phi) is 36.4. The van der Waals surface area contributed by atoms with Crippen molar-refractivity contribution in [2.45, 2.75) is 29.4 Å². The molecule has 0 saturated heterocycles. The molecule has 10 aromatic carbocycles. The molecule has 6 N–H and O–H groups in total. The molecule has 10 aromatic rings. The molecular weight excluding hydrogens is 1680 g/mol. The molecule has 0 unspecified atom stereocenters. The summed E-state index contributed by atoms with van der Waals surface area (Å²) in [7, 11) is -34.4. The van der Waals surface area contributed by atoms with Gasteiger partial charge in [0.05, 0.1) is 62.9 Å². The van der Waals surface area contributed by atoms with E-state index in [-0.39, 0.29) is 320 Å². The molecule has 0 aromatic heterocycles. The minimum atomic E-state index is -5.85. The van der Waals surface area contributed by atoms with Crippen molar-refractivity contribution in [1.29, 1.82) is 0 Å². The number of phenols is 6. The van der Waals surface area contributed by atoms with E-state index in [9.17, 15) is 108 Å². The Morgan fingerprint density at radius 3 is 0.830 bits per heavy atom. The van der Waals surface area contributed by atoms with E-state index in [0.29, 0.717) is 36.4 Å². The van der Waals surface area contributed by atoms with Crippen molar-refractivity contribution in [2.24, 2.45) is 61.4 Å². The minimum Gasteiger partial charge on any atom is -0.744 e. The standard InChI is InChI=1S/C58H40N12O24S6.6K/c71-37-17-19-39(41(73)27-37)63-69-55-49-31(21-45(97(83,84)85)51(55)65-59-33-7-3-1-4-8-33)23-47(99(89,90)91)53(57(49)75)67-61-35-15-13-29(43(25-35)95(77,78)79)11-12-30-14-16-36(26-44(30)96(80,81)82)62-68-54-48(100(92,93)94)24-32-22-46(98(86,87)88)52(66-60-34-9-5-2-6-10-34)56(50(32)58(54)76)70-64-40-20-18-38(72)28-42(40)74;;;;;;/h1-28,71-76H,(H,77,78,79)(H,80,81,82)(H,83,84,85)(H,86,87,88)(H,89,90,91)(H,92,93,94);;;;;;/q;6*+1/p-6. The minimum absolute atomic E-state index is 0. The molecule has 0 fully saturated rings. The molecule has 36 nitrogen and oxygen atoms in total. The number of aromatic hydroxyl groups is 6. The molecule has 10 rings (SSSR count). The van der Waals surface area contributed by atoms with Gasteiger partial charge in [-0.25, -0.2) is 50.5 Å². The third kappa shape index (κ3) is 23.9. The first-order valence-electron chi connectivity index (χ1n) is 26.9. The van der Waals surface area contributed by atoms with Gasteiger partial charge in [0, 0.05) is 12.1 Å². The molecule has 512 valence electrons. The summed E-state index contributed by atoms with van der Waals surface area (Å²) in [5, 5.41) is 107. The monoisotopic (exact) mass is 1710 g/mol. The van der Waals surface area contributed by atoms with Gasteiger partial charge < -0.3 is 58.0 Å². The SMILES string of the molecule is O=S(=O)([O-])c1cc(N=Nc2c(S(=O)(=O)[O-])cc3cc(S(=O)(=O)[O-])c(N=Nc4ccccc4)c(N=Nc4ccc(O)cc4O)c3c2O)ccc1C=Cc1ccc(N=Nc2c(S(=O)(=O)[O-])cc3cc(S(=O)(=O)[O-])c(N=Nc4ccccc4)c(N=Nc4ccc(O)cc4O)c3c2O)cc1S(=O)(=O)[O-].[K+].[K+].[K+].[K+].[K+].[K+]. The zero-order valence-corrected chi connectivity index (χ0v) is 78.7. The normalized spacial score (nSPS) is 12.4. The molecule has 0 spiro atoms. The molecule has 0 aliphatic heterocycles. The van der Waals surface area contributed by atoms with Crippen LogP contribution in [0.5, 0.6) is 34.5 Å². The zero-order valence-electron chi connectivity index (χ0n) is 55.0. The van der Waals surface area contributed by atoms with Crippen LogP contribution in [0, 0.1) is 0 Å². The second-order valence-electron chi connectivity index (χ2n) is 20.2. The van der Waals surface area contributed by atoms with E-state index >= 15 is 0 Å². The Hall–Kier alpha value is -1.86.